The molecule has 0 saturated carbocycles. The van der Waals surface area contributed by atoms with Gasteiger partial charge in [-0.1, -0.05) is 47.6 Å². The highest BCUT2D eigenvalue weighted by molar-refractivity contribution is 6.74. The summed E-state index contributed by atoms with van der Waals surface area (Å²) in [7, 11) is -1.79. The van der Waals surface area contributed by atoms with Gasteiger partial charge in [0.05, 0.1) is 0 Å². The third-order valence-electron chi connectivity index (χ3n) is 3.99. The molecule has 0 aliphatic heterocycles. The van der Waals surface area contributed by atoms with Crippen molar-refractivity contribution in [2.75, 3.05) is 0 Å². The fourth-order valence-electron chi connectivity index (χ4n) is 1.73. The number of rotatable bonds is 5. The average Bonchev–Trinajstić information content (AvgIpc) is 2.11. The predicted octanol–water partition coefficient (Wildman–Crippen LogP) is 4.84. The molecule has 0 radical (unpaired) electrons. The third kappa shape index (κ3) is 5.79. The van der Waals surface area contributed by atoms with Gasteiger partial charge >= 0.3 is 5.97 Å². The molecule has 3 nitrogen and oxygen atoms in total. The Kier molecular flexibility index (Phi) is 6.24. The Morgan fingerprint density at radius 1 is 1.20 bits per heavy atom. The van der Waals surface area contributed by atoms with Crippen LogP contribution in [-0.4, -0.2) is 25.5 Å². The molecule has 0 heterocycles. The van der Waals surface area contributed by atoms with Gasteiger partial charge in [-0.2, -0.15) is 0 Å². The molecule has 0 amide bonds. The first-order valence-corrected chi connectivity index (χ1v) is 10.2. The van der Waals surface area contributed by atoms with Gasteiger partial charge in [0, 0.05) is 11.7 Å². The molecule has 4 heteroatoms. The van der Waals surface area contributed by atoms with Crippen molar-refractivity contribution in [3.05, 3.63) is 11.6 Å². The van der Waals surface area contributed by atoms with Crippen molar-refractivity contribution in [3.63, 3.8) is 0 Å². The molecule has 0 unspecified atom stereocenters. The zero-order chi connectivity index (χ0) is 16.4. The summed E-state index contributed by atoms with van der Waals surface area (Å²) < 4.78 is 6.25. The Morgan fingerprint density at radius 3 is 1.95 bits per heavy atom. The van der Waals surface area contributed by atoms with E-state index < -0.39 is 14.3 Å². The van der Waals surface area contributed by atoms with Gasteiger partial charge in [-0.3, -0.25) is 0 Å². The molecule has 0 aromatic carbocycles. The monoisotopic (exact) mass is 300 g/mol. The molecule has 0 fully saturated rings. The highest BCUT2D eigenvalue weighted by Crippen LogP contribution is 2.37. The topological polar surface area (TPSA) is 46.5 Å². The summed E-state index contributed by atoms with van der Waals surface area (Å²) in [5.41, 5.74) is 0.117. The number of hydrogen-bond acceptors (Lipinski definition) is 2. The van der Waals surface area contributed by atoms with Gasteiger partial charge in [-0.05, 0) is 36.9 Å². The van der Waals surface area contributed by atoms with Crippen LogP contribution in [0.4, 0.5) is 0 Å². The van der Waals surface area contributed by atoms with Crippen LogP contribution in [0.5, 0.6) is 0 Å². The summed E-state index contributed by atoms with van der Waals surface area (Å²) in [5, 5.41) is 9.45. The second kappa shape index (κ2) is 6.44. The van der Waals surface area contributed by atoms with Crippen molar-refractivity contribution >= 4 is 14.3 Å². The van der Waals surface area contributed by atoms with Crippen LogP contribution in [0, 0.1) is 5.41 Å². The van der Waals surface area contributed by atoms with Crippen molar-refractivity contribution in [2.24, 2.45) is 5.41 Å². The Balaban J connectivity index is 4.86. The highest BCUT2D eigenvalue weighted by Gasteiger charge is 2.38. The van der Waals surface area contributed by atoms with Crippen LogP contribution in [0.25, 0.3) is 0 Å². The van der Waals surface area contributed by atoms with Crippen LogP contribution in [-0.2, 0) is 9.22 Å². The second-order valence-electron chi connectivity index (χ2n) is 8.10. The van der Waals surface area contributed by atoms with E-state index in [1.54, 1.807) is 0 Å². The summed E-state index contributed by atoms with van der Waals surface area (Å²) in [6.07, 6.45) is 2.51. The number of carboxylic acid groups (broad SMARTS) is 1. The molecule has 0 aliphatic carbocycles. The molecule has 118 valence electrons. The Bertz CT molecular complexity index is 370. The van der Waals surface area contributed by atoms with E-state index in [0.29, 0.717) is 12.0 Å². The van der Waals surface area contributed by atoms with Gasteiger partial charge in [0.15, 0.2) is 8.32 Å². The molecule has 0 saturated heterocycles. The van der Waals surface area contributed by atoms with Crippen molar-refractivity contribution < 1.29 is 14.3 Å². The molecule has 0 aromatic rings. The molecule has 0 spiro atoms. The quantitative estimate of drug-likeness (QED) is 0.583. The van der Waals surface area contributed by atoms with E-state index in [1.807, 2.05) is 33.8 Å². The van der Waals surface area contributed by atoms with Crippen LogP contribution >= 0.6 is 0 Å². The maximum absolute atomic E-state index is 11.3. The van der Waals surface area contributed by atoms with Crippen molar-refractivity contribution in [3.8, 4) is 0 Å². The molecular formula is C16H32O3Si. The van der Waals surface area contributed by atoms with Crippen molar-refractivity contribution in [1.29, 1.82) is 0 Å². The maximum Gasteiger partial charge on any atom is 0.331 e. The fourth-order valence-corrected chi connectivity index (χ4v) is 3.18. The minimum absolute atomic E-state index is 0.0487. The van der Waals surface area contributed by atoms with Crippen LogP contribution in [0.2, 0.25) is 18.1 Å². The Morgan fingerprint density at radius 2 is 1.65 bits per heavy atom. The van der Waals surface area contributed by atoms with Gasteiger partial charge in [-0.15, -0.1) is 0 Å². The molecule has 0 bridgehead atoms. The molecule has 1 atom stereocenters. The summed E-state index contributed by atoms with van der Waals surface area (Å²) in [4.78, 5) is 11.3. The minimum atomic E-state index is -1.79. The van der Waals surface area contributed by atoms with E-state index in [4.69, 9.17) is 4.43 Å². The number of aliphatic carboxylic acids is 1. The lowest BCUT2D eigenvalue weighted by Crippen LogP contribution is -2.43. The van der Waals surface area contributed by atoms with Gasteiger partial charge < -0.3 is 9.53 Å². The summed E-state index contributed by atoms with van der Waals surface area (Å²) in [5.74, 6) is -0.836. The Hall–Kier alpha value is -0.613. The number of carbonyl (C=O) groups is 1. The molecule has 0 aromatic heterocycles. The lowest BCUT2D eigenvalue weighted by atomic mass is 9.85. The standard InChI is InChI=1S/C16H32O3Si/c1-12(19-20(8,9)16(5,6)7)10-11-13(14(17)18)15(2,3)4/h11-12H,10H2,1-9H3,(H,17,18)/b13-11-/t12-/m0/s1. The maximum atomic E-state index is 11.3. The number of hydrogen-bond donors (Lipinski definition) is 1. The van der Waals surface area contributed by atoms with Crippen LogP contribution in [0.1, 0.15) is 54.9 Å². The smallest absolute Gasteiger partial charge is 0.331 e. The van der Waals surface area contributed by atoms with E-state index in [9.17, 15) is 9.90 Å². The normalized spacial score (nSPS) is 16.1. The highest BCUT2D eigenvalue weighted by atomic mass is 28.4. The first-order chi connectivity index (χ1) is 8.68. The van der Waals surface area contributed by atoms with Crippen LogP contribution in [0.15, 0.2) is 11.6 Å². The molecule has 1 N–H and O–H groups in total. The van der Waals surface area contributed by atoms with Crippen LogP contribution in [0.3, 0.4) is 0 Å². The zero-order valence-electron chi connectivity index (χ0n) is 14.6. The Labute approximate surface area is 125 Å². The minimum Gasteiger partial charge on any atom is -0.478 e. The first kappa shape index (κ1) is 19.4. The number of carboxylic acids is 1. The van der Waals surface area contributed by atoms with Crippen molar-refractivity contribution in [2.45, 2.75) is 79.1 Å². The second-order valence-corrected chi connectivity index (χ2v) is 12.9. The predicted molar refractivity (Wildman–Crippen MR) is 87.5 cm³/mol. The van der Waals surface area contributed by atoms with E-state index in [0.717, 1.165) is 0 Å². The van der Waals surface area contributed by atoms with E-state index >= 15 is 0 Å². The zero-order valence-corrected chi connectivity index (χ0v) is 15.6. The summed E-state index contributed by atoms with van der Waals surface area (Å²) >= 11 is 0. The molecular weight excluding hydrogens is 268 g/mol. The molecule has 20 heavy (non-hydrogen) atoms. The summed E-state index contributed by atoms with van der Waals surface area (Å²) in [6.45, 7) is 18.9. The van der Waals surface area contributed by atoms with Gasteiger partial charge in [0.25, 0.3) is 0 Å². The lowest BCUT2D eigenvalue weighted by molar-refractivity contribution is -0.133. The van der Waals surface area contributed by atoms with E-state index in [1.165, 1.54) is 0 Å². The van der Waals surface area contributed by atoms with Gasteiger partial charge in [-0.25, -0.2) is 4.79 Å². The van der Waals surface area contributed by atoms with Crippen LogP contribution < -0.4 is 0 Å². The molecule has 0 aliphatic rings. The SMILES string of the molecule is C[C@@H](C/C=C(/C(=O)O)C(C)(C)C)O[Si](C)(C)C(C)(C)C. The lowest BCUT2D eigenvalue weighted by Gasteiger charge is -2.38. The largest absolute Gasteiger partial charge is 0.478 e. The molecule has 0 rings (SSSR count). The summed E-state index contributed by atoms with van der Waals surface area (Å²) in [6, 6.07) is 0. The van der Waals surface area contributed by atoms with Gasteiger partial charge in [0.1, 0.15) is 0 Å². The van der Waals surface area contributed by atoms with Crippen molar-refractivity contribution in [1.82, 2.24) is 0 Å². The van der Waals surface area contributed by atoms with E-state index in [2.05, 4.69) is 33.9 Å². The third-order valence-corrected chi connectivity index (χ3v) is 8.60. The fraction of sp³-hybridized carbons (Fsp3) is 0.812. The average molecular weight is 301 g/mol. The van der Waals surface area contributed by atoms with Gasteiger partial charge in [0.2, 0.25) is 0 Å². The van der Waals surface area contributed by atoms with E-state index in [-0.39, 0.29) is 16.6 Å². The first-order valence-electron chi connectivity index (χ1n) is 7.30.